The van der Waals surface area contributed by atoms with Crippen LogP contribution < -0.4 is 10.1 Å². The van der Waals surface area contributed by atoms with Gasteiger partial charge in [0.1, 0.15) is 18.5 Å². The van der Waals surface area contributed by atoms with E-state index in [0.29, 0.717) is 13.1 Å². The number of aliphatic hydroxyl groups is 2. The Kier molecular flexibility index (Phi) is 6.62. The zero-order chi connectivity index (χ0) is 12.5. The van der Waals surface area contributed by atoms with Gasteiger partial charge in [0.25, 0.3) is 0 Å². The maximum atomic E-state index is 9.65. The van der Waals surface area contributed by atoms with Crippen LogP contribution in [0, 0.1) is 5.92 Å². The second-order valence-corrected chi connectivity index (χ2v) is 4.22. The maximum absolute atomic E-state index is 9.65. The number of aliphatic hydroxyl groups excluding tert-OH is 2. The highest BCUT2D eigenvalue weighted by atomic mass is 16.5. The summed E-state index contributed by atoms with van der Waals surface area (Å²) in [4.78, 5) is 0. The predicted molar refractivity (Wildman–Crippen MR) is 67.1 cm³/mol. The third-order valence-corrected chi connectivity index (χ3v) is 2.37. The van der Waals surface area contributed by atoms with Crippen molar-refractivity contribution in [2.24, 2.45) is 5.92 Å². The first-order valence-electron chi connectivity index (χ1n) is 5.90. The van der Waals surface area contributed by atoms with E-state index < -0.39 is 6.10 Å². The van der Waals surface area contributed by atoms with E-state index in [1.807, 2.05) is 37.3 Å². The van der Waals surface area contributed by atoms with E-state index in [9.17, 15) is 5.11 Å². The van der Waals surface area contributed by atoms with Crippen LogP contribution in [-0.4, -0.2) is 42.6 Å². The summed E-state index contributed by atoms with van der Waals surface area (Å²) in [5.74, 6) is 0.965. The van der Waals surface area contributed by atoms with Gasteiger partial charge in [-0.15, -0.1) is 0 Å². The fraction of sp³-hybridized carbons (Fsp3) is 0.538. The van der Waals surface area contributed by atoms with Crippen molar-refractivity contribution in [1.29, 1.82) is 0 Å². The Morgan fingerprint density at radius 3 is 2.59 bits per heavy atom. The fourth-order valence-electron chi connectivity index (χ4n) is 1.33. The zero-order valence-electron chi connectivity index (χ0n) is 10.2. The molecule has 0 aliphatic heterocycles. The summed E-state index contributed by atoms with van der Waals surface area (Å²) in [6.45, 7) is 3.53. The molecule has 0 aliphatic carbocycles. The van der Waals surface area contributed by atoms with E-state index >= 15 is 0 Å². The highest BCUT2D eigenvalue weighted by Gasteiger charge is 2.06. The predicted octanol–water partition coefficient (Wildman–Crippen LogP) is 0.644. The van der Waals surface area contributed by atoms with Gasteiger partial charge in [0.05, 0.1) is 0 Å². The normalized spacial score (nSPS) is 14.3. The van der Waals surface area contributed by atoms with E-state index in [2.05, 4.69) is 5.32 Å². The summed E-state index contributed by atoms with van der Waals surface area (Å²) >= 11 is 0. The first-order chi connectivity index (χ1) is 8.22. The second kappa shape index (κ2) is 8.06. The molecule has 0 saturated heterocycles. The van der Waals surface area contributed by atoms with Crippen LogP contribution in [0.25, 0.3) is 0 Å². The van der Waals surface area contributed by atoms with E-state index in [-0.39, 0.29) is 19.1 Å². The molecule has 96 valence electrons. The second-order valence-electron chi connectivity index (χ2n) is 4.22. The van der Waals surface area contributed by atoms with Gasteiger partial charge < -0.3 is 20.3 Å². The molecule has 2 atom stereocenters. The van der Waals surface area contributed by atoms with Crippen LogP contribution >= 0.6 is 0 Å². The van der Waals surface area contributed by atoms with Crippen LogP contribution in [0.3, 0.4) is 0 Å². The van der Waals surface area contributed by atoms with Gasteiger partial charge in [0.15, 0.2) is 0 Å². The lowest BCUT2D eigenvalue weighted by molar-refractivity contribution is 0.104. The molecule has 0 amide bonds. The van der Waals surface area contributed by atoms with Crippen LogP contribution in [0.4, 0.5) is 0 Å². The van der Waals surface area contributed by atoms with Crippen molar-refractivity contribution in [3.05, 3.63) is 30.3 Å². The number of hydrogen-bond acceptors (Lipinski definition) is 4. The van der Waals surface area contributed by atoms with E-state index in [4.69, 9.17) is 9.84 Å². The quantitative estimate of drug-likeness (QED) is 0.623. The number of nitrogens with one attached hydrogen (secondary N) is 1. The number of para-hydroxylation sites is 1. The van der Waals surface area contributed by atoms with Crippen LogP contribution in [0.15, 0.2) is 30.3 Å². The number of benzene rings is 1. The summed E-state index contributed by atoms with van der Waals surface area (Å²) in [6, 6.07) is 9.41. The smallest absolute Gasteiger partial charge is 0.119 e. The van der Waals surface area contributed by atoms with Gasteiger partial charge in [-0.2, -0.15) is 0 Å². The summed E-state index contributed by atoms with van der Waals surface area (Å²) in [5.41, 5.74) is 0. The van der Waals surface area contributed by atoms with Crippen LogP contribution in [0.2, 0.25) is 0 Å². The molecule has 2 unspecified atom stereocenters. The Bertz CT molecular complexity index is 292. The Morgan fingerprint density at radius 2 is 1.94 bits per heavy atom. The Balaban J connectivity index is 2.11. The number of rotatable bonds is 8. The topological polar surface area (TPSA) is 61.7 Å². The molecule has 17 heavy (non-hydrogen) atoms. The molecule has 1 rings (SSSR count). The highest BCUT2D eigenvalue weighted by molar-refractivity contribution is 5.20. The molecule has 0 bridgehead atoms. The van der Waals surface area contributed by atoms with Gasteiger partial charge in [-0.3, -0.25) is 0 Å². The van der Waals surface area contributed by atoms with Gasteiger partial charge in [0, 0.05) is 13.2 Å². The lowest BCUT2D eigenvalue weighted by atomic mass is 10.2. The van der Waals surface area contributed by atoms with Crippen LogP contribution in [-0.2, 0) is 0 Å². The Labute approximate surface area is 102 Å². The van der Waals surface area contributed by atoms with Crippen molar-refractivity contribution in [3.8, 4) is 5.75 Å². The molecule has 0 saturated carbocycles. The molecule has 4 heteroatoms. The SMILES string of the molecule is CC(CO)CNCC(O)COc1ccccc1. The summed E-state index contributed by atoms with van der Waals surface area (Å²) in [7, 11) is 0. The molecular formula is C13H21NO3. The molecule has 0 aromatic heterocycles. The Hall–Kier alpha value is -1.10. The van der Waals surface area contributed by atoms with Crippen molar-refractivity contribution >= 4 is 0 Å². The number of hydrogen-bond donors (Lipinski definition) is 3. The fourth-order valence-corrected chi connectivity index (χ4v) is 1.33. The molecule has 0 spiro atoms. The minimum Gasteiger partial charge on any atom is -0.491 e. The highest BCUT2D eigenvalue weighted by Crippen LogP contribution is 2.08. The van der Waals surface area contributed by atoms with Crippen molar-refractivity contribution in [1.82, 2.24) is 5.32 Å². The average molecular weight is 239 g/mol. The molecule has 4 nitrogen and oxygen atoms in total. The minimum absolute atomic E-state index is 0.156. The monoisotopic (exact) mass is 239 g/mol. The van der Waals surface area contributed by atoms with E-state index in [1.165, 1.54) is 0 Å². The lowest BCUT2D eigenvalue weighted by Crippen LogP contribution is -2.34. The molecule has 1 aromatic rings. The van der Waals surface area contributed by atoms with E-state index in [0.717, 1.165) is 5.75 Å². The van der Waals surface area contributed by atoms with Crippen LogP contribution in [0.1, 0.15) is 6.92 Å². The average Bonchev–Trinajstić information content (AvgIpc) is 2.37. The largest absolute Gasteiger partial charge is 0.491 e. The summed E-state index contributed by atoms with van der Waals surface area (Å²) in [6.07, 6.45) is -0.541. The van der Waals surface area contributed by atoms with Crippen molar-refractivity contribution in [2.75, 3.05) is 26.3 Å². The van der Waals surface area contributed by atoms with E-state index in [1.54, 1.807) is 0 Å². The van der Waals surface area contributed by atoms with Crippen LogP contribution in [0.5, 0.6) is 5.75 Å². The summed E-state index contributed by atoms with van der Waals surface area (Å²) in [5, 5.41) is 21.6. The molecular weight excluding hydrogens is 218 g/mol. The minimum atomic E-state index is -0.541. The van der Waals surface area contributed by atoms with Gasteiger partial charge in [-0.1, -0.05) is 25.1 Å². The first kappa shape index (κ1) is 14.0. The zero-order valence-corrected chi connectivity index (χ0v) is 10.2. The van der Waals surface area contributed by atoms with Gasteiger partial charge in [-0.05, 0) is 24.6 Å². The standard InChI is InChI=1S/C13H21NO3/c1-11(9-15)7-14-8-12(16)10-17-13-5-3-2-4-6-13/h2-6,11-12,14-16H,7-10H2,1H3. The molecule has 0 heterocycles. The molecule has 1 aromatic carbocycles. The Morgan fingerprint density at radius 1 is 1.24 bits per heavy atom. The third-order valence-electron chi connectivity index (χ3n) is 2.37. The van der Waals surface area contributed by atoms with Crippen molar-refractivity contribution in [3.63, 3.8) is 0 Å². The molecule has 0 aliphatic rings. The number of ether oxygens (including phenoxy) is 1. The van der Waals surface area contributed by atoms with Crippen molar-refractivity contribution < 1.29 is 14.9 Å². The van der Waals surface area contributed by atoms with Gasteiger partial charge in [0.2, 0.25) is 0 Å². The van der Waals surface area contributed by atoms with Gasteiger partial charge in [-0.25, -0.2) is 0 Å². The molecule has 3 N–H and O–H groups in total. The van der Waals surface area contributed by atoms with Crippen molar-refractivity contribution in [2.45, 2.75) is 13.0 Å². The lowest BCUT2D eigenvalue weighted by Gasteiger charge is -2.14. The third kappa shape index (κ3) is 6.26. The summed E-state index contributed by atoms with van der Waals surface area (Å²) < 4.78 is 5.41. The van der Waals surface area contributed by atoms with Gasteiger partial charge >= 0.3 is 0 Å². The maximum Gasteiger partial charge on any atom is 0.119 e. The molecule has 0 radical (unpaired) electrons. The first-order valence-corrected chi connectivity index (χ1v) is 5.90. The molecule has 0 fully saturated rings.